The third kappa shape index (κ3) is 4.29. The summed E-state index contributed by atoms with van der Waals surface area (Å²) < 4.78 is 4.55. The zero-order chi connectivity index (χ0) is 17.6. The number of esters is 1. The summed E-state index contributed by atoms with van der Waals surface area (Å²) in [6, 6.07) is 8.44. The molecule has 0 N–H and O–H groups in total. The van der Waals surface area contributed by atoms with E-state index in [1.807, 2.05) is 0 Å². The van der Waals surface area contributed by atoms with E-state index in [1.165, 1.54) is 12.2 Å². The van der Waals surface area contributed by atoms with E-state index in [9.17, 15) is 19.7 Å². The van der Waals surface area contributed by atoms with Gasteiger partial charge in [0.1, 0.15) is 6.54 Å². The van der Waals surface area contributed by atoms with Crippen molar-refractivity contribution in [1.29, 1.82) is 0 Å². The van der Waals surface area contributed by atoms with Gasteiger partial charge < -0.3 is 9.57 Å². The van der Waals surface area contributed by atoms with Crippen LogP contribution in [0.5, 0.6) is 0 Å². The molecule has 0 bridgehead atoms. The van der Waals surface area contributed by atoms with Crippen molar-refractivity contribution in [1.82, 2.24) is 5.06 Å². The Bertz CT molecular complexity index is 606. The van der Waals surface area contributed by atoms with Crippen molar-refractivity contribution in [3.63, 3.8) is 0 Å². The Morgan fingerprint density at radius 2 is 2.04 bits per heavy atom. The minimum Gasteiger partial charge on any atom is -0.469 e. The highest BCUT2D eigenvalue weighted by Gasteiger charge is 2.47. The summed E-state index contributed by atoms with van der Waals surface area (Å²) in [4.78, 5) is 39.9. The largest absolute Gasteiger partial charge is 0.469 e. The van der Waals surface area contributed by atoms with Gasteiger partial charge in [0.05, 0.1) is 19.1 Å². The van der Waals surface area contributed by atoms with Gasteiger partial charge in [-0.25, -0.2) is 4.79 Å². The number of nitrogens with zero attached hydrogens (tertiary/aromatic N) is 2. The summed E-state index contributed by atoms with van der Waals surface area (Å²) in [5.74, 6) is -1.04. The van der Waals surface area contributed by atoms with E-state index in [2.05, 4.69) is 4.74 Å². The lowest BCUT2D eigenvalue weighted by Crippen LogP contribution is -2.53. The molecule has 1 aromatic rings. The van der Waals surface area contributed by atoms with Crippen LogP contribution in [0, 0.1) is 10.1 Å². The molecule has 8 nitrogen and oxygen atoms in total. The van der Waals surface area contributed by atoms with Crippen LogP contribution in [0.3, 0.4) is 0 Å². The third-order valence-corrected chi connectivity index (χ3v) is 4.15. The number of carbonyl (C=O) groups excluding carboxylic acids is 2. The van der Waals surface area contributed by atoms with Gasteiger partial charge in [-0.05, 0) is 18.6 Å². The Morgan fingerprint density at radius 1 is 1.33 bits per heavy atom. The van der Waals surface area contributed by atoms with Crippen LogP contribution in [0.25, 0.3) is 0 Å². The topological polar surface area (TPSA) is 99.0 Å². The Kier molecular flexibility index (Phi) is 5.86. The number of rotatable bonds is 6. The van der Waals surface area contributed by atoms with Crippen LogP contribution >= 0.6 is 0 Å². The number of benzene rings is 1. The average molecular weight is 336 g/mol. The molecule has 8 heteroatoms. The predicted octanol–water partition coefficient (Wildman–Crippen LogP) is 1.82. The molecular weight excluding hydrogens is 316 g/mol. The molecule has 0 aromatic heterocycles. The van der Waals surface area contributed by atoms with E-state index in [4.69, 9.17) is 4.84 Å². The van der Waals surface area contributed by atoms with E-state index >= 15 is 0 Å². The quantitative estimate of drug-likeness (QED) is 0.444. The molecule has 24 heavy (non-hydrogen) atoms. The monoisotopic (exact) mass is 336 g/mol. The van der Waals surface area contributed by atoms with Crippen molar-refractivity contribution < 1.29 is 24.1 Å². The third-order valence-electron chi connectivity index (χ3n) is 4.15. The minimum absolute atomic E-state index is 0.0437. The smallest absolute Gasteiger partial charge is 0.357 e. The number of piperidine rings is 1. The molecule has 130 valence electrons. The fourth-order valence-electron chi connectivity index (χ4n) is 2.77. The average Bonchev–Trinajstić information content (AvgIpc) is 2.60. The zero-order valence-electron chi connectivity index (χ0n) is 13.5. The van der Waals surface area contributed by atoms with Crippen LogP contribution in [0.15, 0.2) is 30.3 Å². The van der Waals surface area contributed by atoms with Crippen molar-refractivity contribution in [2.45, 2.75) is 31.2 Å². The maximum absolute atomic E-state index is 12.1. The Morgan fingerprint density at radius 3 is 2.67 bits per heavy atom. The molecular formula is C16H20N2O6. The van der Waals surface area contributed by atoms with Gasteiger partial charge in [-0.3, -0.25) is 14.9 Å². The molecule has 1 unspecified atom stereocenters. The number of hydrogen-bond acceptors (Lipinski definition) is 7. The Hall–Kier alpha value is -2.48. The van der Waals surface area contributed by atoms with E-state index in [1.54, 1.807) is 30.3 Å². The molecule has 0 spiro atoms. The number of nitro groups is 1. The zero-order valence-corrected chi connectivity index (χ0v) is 13.5. The summed E-state index contributed by atoms with van der Waals surface area (Å²) in [7, 11) is 1.25. The first-order valence-electron chi connectivity index (χ1n) is 7.70. The highest BCUT2D eigenvalue weighted by atomic mass is 16.7. The van der Waals surface area contributed by atoms with Gasteiger partial charge in [0.25, 0.3) is 0 Å². The minimum atomic E-state index is -1.32. The molecule has 0 saturated carbocycles. The fourth-order valence-corrected chi connectivity index (χ4v) is 2.77. The highest BCUT2D eigenvalue weighted by Crippen LogP contribution is 2.29. The lowest BCUT2D eigenvalue weighted by molar-refractivity contribution is -0.579. The van der Waals surface area contributed by atoms with Crippen molar-refractivity contribution in [2.24, 2.45) is 0 Å². The summed E-state index contributed by atoms with van der Waals surface area (Å²) in [5, 5.41) is 12.9. The maximum Gasteiger partial charge on any atom is 0.357 e. The van der Waals surface area contributed by atoms with E-state index < -0.39 is 17.5 Å². The molecule has 1 aliphatic heterocycles. The second-order valence-electron chi connectivity index (χ2n) is 5.77. The number of carbonyl (C=O) groups is 2. The molecule has 1 atom stereocenters. The predicted molar refractivity (Wildman–Crippen MR) is 83.6 cm³/mol. The number of ether oxygens (including phenoxy) is 1. The first-order chi connectivity index (χ1) is 11.5. The van der Waals surface area contributed by atoms with Crippen LogP contribution < -0.4 is 0 Å². The van der Waals surface area contributed by atoms with Gasteiger partial charge in [-0.15, -0.1) is 5.06 Å². The standard InChI is InChI=1S/C16H20N2O6/c1-23-14(19)8-10-16(18(21)22)9-5-11-17(12-16)24-15(20)13-6-3-2-4-7-13/h2-4,6-7H,5,8-12H2,1H3. The summed E-state index contributed by atoms with van der Waals surface area (Å²) >= 11 is 0. The molecule has 0 amide bonds. The maximum atomic E-state index is 12.1. The summed E-state index contributed by atoms with van der Waals surface area (Å²) in [5.41, 5.74) is -0.937. The van der Waals surface area contributed by atoms with Crippen molar-refractivity contribution in [3.05, 3.63) is 46.0 Å². The van der Waals surface area contributed by atoms with Crippen molar-refractivity contribution in [3.8, 4) is 0 Å². The summed E-state index contributed by atoms with van der Waals surface area (Å²) in [6.07, 6.45) is 0.838. The molecule has 1 aliphatic rings. The van der Waals surface area contributed by atoms with Gasteiger partial charge in [0.15, 0.2) is 0 Å². The Labute approximate surface area is 139 Å². The lowest BCUT2D eigenvalue weighted by atomic mass is 9.86. The van der Waals surface area contributed by atoms with E-state index in [-0.39, 0.29) is 24.3 Å². The van der Waals surface area contributed by atoms with Gasteiger partial charge in [0.2, 0.25) is 5.54 Å². The molecule has 1 aromatic carbocycles. The van der Waals surface area contributed by atoms with Crippen molar-refractivity contribution >= 4 is 11.9 Å². The van der Waals surface area contributed by atoms with E-state index in [0.29, 0.717) is 24.9 Å². The van der Waals surface area contributed by atoms with Crippen LogP contribution in [0.1, 0.15) is 36.0 Å². The normalized spacial score (nSPS) is 21.0. The summed E-state index contributed by atoms with van der Waals surface area (Å²) in [6.45, 7) is 0.377. The number of hydroxylamine groups is 2. The first kappa shape index (κ1) is 17.9. The van der Waals surface area contributed by atoms with Crippen LogP contribution in [0.2, 0.25) is 0 Å². The van der Waals surface area contributed by atoms with Gasteiger partial charge in [-0.1, -0.05) is 18.2 Å². The molecule has 0 radical (unpaired) electrons. The number of hydrogen-bond donors (Lipinski definition) is 0. The van der Waals surface area contributed by atoms with Crippen LogP contribution in [-0.2, 0) is 14.4 Å². The lowest BCUT2D eigenvalue weighted by Gasteiger charge is -2.35. The van der Waals surface area contributed by atoms with E-state index in [0.717, 1.165) is 0 Å². The van der Waals surface area contributed by atoms with Crippen LogP contribution in [-0.4, -0.2) is 47.7 Å². The SMILES string of the molecule is COC(=O)CCC1([N+](=O)[O-])CCCN(OC(=O)c2ccccc2)C1. The first-order valence-corrected chi connectivity index (χ1v) is 7.70. The second-order valence-corrected chi connectivity index (χ2v) is 5.77. The molecule has 0 aliphatic carbocycles. The molecule has 1 saturated heterocycles. The molecule has 1 fully saturated rings. The van der Waals surface area contributed by atoms with Gasteiger partial charge >= 0.3 is 11.9 Å². The fraction of sp³-hybridized carbons (Fsp3) is 0.500. The molecule has 2 rings (SSSR count). The van der Waals surface area contributed by atoms with Crippen molar-refractivity contribution in [2.75, 3.05) is 20.2 Å². The number of methoxy groups -OCH3 is 1. The Balaban J connectivity index is 2.03. The second kappa shape index (κ2) is 7.87. The van der Waals surface area contributed by atoms with Gasteiger partial charge in [-0.2, -0.15) is 0 Å². The highest BCUT2D eigenvalue weighted by molar-refractivity contribution is 5.89. The van der Waals surface area contributed by atoms with Crippen LogP contribution in [0.4, 0.5) is 0 Å². The van der Waals surface area contributed by atoms with Gasteiger partial charge in [0, 0.05) is 24.3 Å². The molecule has 1 heterocycles.